The van der Waals surface area contributed by atoms with Crippen LogP contribution < -0.4 is 15.2 Å². The molecule has 1 aromatic carbocycles. The van der Waals surface area contributed by atoms with Crippen molar-refractivity contribution < 1.29 is 9.47 Å². The van der Waals surface area contributed by atoms with Gasteiger partial charge in [0.25, 0.3) is 0 Å². The molecule has 2 rings (SSSR count). The van der Waals surface area contributed by atoms with E-state index in [-0.39, 0.29) is 5.54 Å². The summed E-state index contributed by atoms with van der Waals surface area (Å²) in [6, 6.07) is 5.85. The second-order valence-corrected chi connectivity index (χ2v) is 4.76. The van der Waals surface area contributed by atoms with Gasteiger partial charge in [-0.2, -0.15) is 0 Å². The van der Waals surface area contributed by atoms with Crippen molar-refractivity contribution >= 4 is 5.96 Å². The van der Waals surface area contributed by atoms with Gasteiger partial charge in [-0.15, -0.1) is 0 Å². The first-order valence-corrected chi connectivity index (χ1v) is 6.37. The van der Waals surface area contributed by atoms with E-state index in [0.717, 1.165) is 23.6 Å². The molecule has 5 heteroatoms. The fourth-order valence-electron chi connectivity index (χ4n) is 2.64. The van der Waals surface area contributed by atoms with Crippen LogP contribution in [0, 0.1) is 0 Å². The Hall–Kier alpha value is -1.91. The Morgan fingerprint density at radius 2 is 2.11 bits per heavy atom. The number of guanidine groups is 1. The third-order valence-corrected chi connectivity index (χ3v) is 3.73. The largest absolute Gasteiger partial charge is 0.497 e. The number of aliphatic imine (C=N–C) groups is 1. The number of nitrogens with zero attached hydrogens (tertiary/aromatic N) is 2. The lowest BCUT2D eigenvalue weighted by atomic mass is 9.90. The average molecular weight is 263 g/mol. The highest BCUT2D eigenvalue weighted by Crippen LogP contribution is 2.39. The summed E-state index contributed by atoms with van der Waals surface area (Å²) in [5.41, 5.74) is 6.76. The van der Waals surface area contributed by atoms with Gasteiger partial charge >= 0.3 is 0 Å². The van der Waals surface area contributed by atoms with Crippen LogP contribution in [0.25, 0.3) is 0 Å². The Balaban J connectivity index is 2.46. The SMILES string of the molecule is CCN1C(N)=NCC1(C)c1ccc(OC)cc1OC. The maximum Gasteiger partial charge on any atom is 0.192 e. The Kier molecular flexibility index (Phi) is 3.55. The molecule has 1 atom stereocenters. The molecule has 0 fully saturated rings. The number of methoxy groups -OCH3 is 2. The first kappa shape index (κ1) is 13.5. The minimum absolute atomic E-state index is 0.267. The van der Waals surface area contributed by atoms with Crippen molar-refractivity contribution in [2.24, 2.45) is 10.7 Å². The zero-order chi connectivity index (χ0) is 14.0. The zero-order valence-corrected chi connectivity index (χ0v) is 11.9. The van der Waals surface area contributed by atoms with E-state index >= 15 is 0 Å². The highest BCUT2D eigenvalue weighted by atomic mass is 16.5. The number of benzene rings is 1. The lowest BCUT2D eigenvalue weighted by molar-refractivity contribution is 0.226. The molecule has 19 heavy (non-hydrogen) atoms. The number of rotatable bonds is 4. The molecule has 0 saturated carbocycles. The quantitative estimate of drug-likeness (QED) is 0.895. The lowest BCUT2D eigenvalue weighted by Crippen LogP contribution is -2.47. The molecule has 0 aliphatic carbocycles. The highest BCUT2D eigenvalue weighted by Gasteiger charge is 2.40. The number of nitrogens with two attached hydrogens (primary N) is 1. The summed E-state index contributed by atoms with van der Waals surface area (Å²) in [4.78, 5) is 6.46. The van der Waals surface area contributed by atoms with Crippen LogP contribution in [0.1, 0.15) is 19.4 Å². The van der Waals surface area contributed by atoms with E-state index in [1.807, 2.05) is 18.2 Å². The topological polar surface area (TPSA) is 60.1 Å². The predicted molar refractivity (Wildman–Crippen MR) is 75.8 cm³/mol. The van der Waals surface area contributed by atoms with Crippen LogP contribution >= 0.6 is 0 Å². The van der Waals surface area contributed by atoms with Crippen molar-refractivity contribution in [3.8, 4) is 11.5 Å². The molecule has 5 nitrogen and oxygen atoms in total. The minimum Gasteiger partial charge on any atom is -0.497 e. The minimum atomic E-state index is -0.267. The molecule has 0 bridgehead atoms. The van der Waals surface area contributed by atoms with Gasteiger partial charge in [0.1, 0.15) is 11.5 Å². The number of hydrogen-bond acceptors (Lipinski definition) is 5. The van der Waals surface area contributed by atoms with Crippen LogP contribution in [0.3, 0.4) is 0 Å². The lowest BCUT2D eigenvalue weighted by Gasteiger charge is -2.36. The fraction of sp³-hybridized carbons (Fsp3) is 0.500. The van der Waals surface area contributed by atoms with Crippen molar-refractivity contribution in [3.63, 3.8) is 0 Å². The number of ether oxygens (including phenoxy) is 2. The maximum atomic E-state index is 5.96. The van der Waals surface area contributed by atoms with Gasteiger partial charge in [0.2, 0.25) is 0 Å². The van der Waals surface area contributed by atoms with Crippen molar-refractivity contribution in [1.82, 2.24) is 4.90 Å². The van der Waals surface area contributed by atoms with E-state index < -0.39 is 0 Å². The van der Waals surface area contributed by atoms with Crippen LogP contribution in [0.15, 0.2) is 23.2 Å². The number of likely N-dealkylation sites (N-methyl/N-ethyl adjacent to an activating group) is 1. The van der Waals surface area contributed by atoms with Gasteiger partial charge in [0.05, 0.1) is 26.3 Å². The van der Waals surface area contributed by atoms with Crippen LogP contribution in [0.2, 0.25) is 0 Å². The van der Waals surface area contributed by atoms with E-state index in [1.165, 1.54) is 0 Å². The highest BCUT2D eigenvalue weighted by molar-refractivity contribution is 5.81. The van der Waals surface area contributed by atoms with Crippen LogP contribution in [-0.4, -0.2) is 38.2 Å². The van der Waals surface area contributed by atoms with E-state index in [1.54, 1.807) is 14.2 Å². The van der Waals surface area contributed by atoms with Gasteiger partial charge in [-0.05, 0) is 26.0 Å². The molecule has 104 valence electrons. The van der Waals surface area contributed by atoms with Crippen molar-refractivity contribution in [2.45, 2.75) is 19.4 Å². The van der Waals surface area contributed by atoms with Crippen molar-refractivity contribution in [3.05, 3.63) is 23.8 Å². The molecule has 0 aromatic heterocycles. The summed E-state index contributed by atoms with van der Waals surface area (Å²) in [6.07, 6.45) is 0. The Morgan fingerprint density at radius 3 is 2.68 bits per heavy atom. The summed E-state index contributed by atoms with van der Waals surface area (Å²) < 4.78 is 10.7. The third-order valence-electron chi connectivity index (χ3n) is 3.73. The summed E-state index contributed by atoms with van der Waals surface area (Å²) in [6.45, 7) is 5.64. The molecule has 1 aliphatic rings. The summed E-state index contributed by atoms with van der Waals surface area (Å²) in [7, 11) is 3.31. The van der Waals surface area contributed by atoms with E-state index in [0.29, 0.717) is 12.5 Å². The van der Waals surface area contributed by atoms with Crippen molar-refractivity contribution in [1.29, 1.82) is 0 Å². The second kappa shape index (κ2) is 4.99. The van der Waals surface area contributed by atoms with Gasteiger partial charge in [-0.1, -0.05) is 0 Å². The third kappa shape index (κ3) is 2.09. The first-order chi connectivity index (χ1) is 9.06. The van der Waals surface area contributed by atoms with Crippen LogP contribution in [0.5, 0.6) is 11.5 Å². The summed E-state index contributed by atoms with van der Waals surface area (Å²) in [5, 5.41) is 0. The first-order valence-electron chi connectivity index (χ1n) is 6.37. The van der Waals surface area contributed by atoms with Crippen LogP contribution in [0.4, 0.5) is 0 Å². The van der Waals surface area contributed by atoms with Crippen LogP contribution in [-0.2, 0) is 5.54 Å². The smallest absolute Gasteiger partial charge is 0.192 e. The van der Waals surface area contributed by atoms with Gasteiger partial charge in [0.15, 0.2) is 5.96 Å². The molecule has 1 aliphatic heterocycles. The molecule has 0 saturated heterocycles. The molecule has 0 spiro atoms. The Morgan fingerprint density at radius 1 is 1.37 bits per heavy atom. The molecular formula is C14H21N3O2. The molecule has 0 amide bonds. The monoisotopic (exact) mass is 263 g/mol. The second-order valence-electron chi connectivity index (χ2n) is 4.76. The molecular weight excluding hydrogens is 242 g/mol. The van der Waals surface area contributed by atoms with Gasteiger partial charge < -0.3 is 20.1 Å². The van der Waals surface area contributed by atoms with Gasteiger partial charge in [-0.25, -0.2) is 0 Å². The number of hydrogen-bond donors (Lipinski definition) is 1. The van der Waals surface area contributed by atoms with E-state index in [9.17, 15) is 0 Å². The Bertz CT molecular complexity index is 501. The molecule has 0 radical (unpaired) electrons. The van der Waals surface area contributed by atoms with Gasteiger partial charge in [0, 0.05) is 18.2 Å². The predicted octanol–water partition coefficient (Wildman–Crippen LogP) is 1.57. The van der Waals surface area contributed by atoms with Gasteiger partial charge in [-0.3, -0.25) is 4.99 Å². The Labute approximate surface area is 114 Å². The standard InChI is InChI=1S/C14H21N3O2/c1-5-17-13(15)16-9-14(17,2)11-7-6-10(18-3)8-12(11)19-4/h6-8H,5,9H2,1-4H3,(H2,15,16). The van der Waals surface area contributed by atoms with Crippen molar-refractivity contribution in [2.75, 3.05) is 27.3 Å². The molecule has 1 heterocycles. The average Bonchev–Trinajstić information content (AvgIpc) is 2.74. The summed E-state index contributed by atoms with van der Waals surface area (Å²) >= 11 is 0. The zero-order valence-electron chi connectivity index (χ0n) is 11.9. The summed E-state index contributed by atoms with van der Waals surface area (Å²) in [5.74, 6) is 2.16. The van der Waals surface area contributed by atoms with E-state index in [4.69, 9.17) is 15.2 Å². The maximum absolute atomic E-state index is 5.96. The normalized spacial score (nSPS) is 22.3. The van der Waals surface area contributed by atoms with E-state index in [2.05, 4.69) is 23.7 Å². The molecule has 2 N–H and O–H groups in total. The molecule has 1 unspecified atom stereocenters. The molecule has 1 aromatic rings. The fourth-order valence-corrected chi connectivity index (χ4v) is 2.64.